The van der Waals surface area contributed by atoms with E-state index in [1.54, 1.807) is 0 Å². The van der Waals surface area contributed by atoms with Gasteiger partial charge in [0.1, 0.15) is 0 Å². The standard InChI is InChI=1S/C12H18N2/c1-2-4-6-12(5-3-1)11-14-9-7-13-8-10-14/h1-5,13H,6-11H2. The maximum Gasteiger partial charge on any atom is 0.0200 e. The van der Waals surface area contributed by atoms with E-state index in [-0.39, 0.29) is 0 Å². The van der Waals surface area contributed by atoms with Crippen LogP contribution in [-0.4, -0.2) is 37.6 Å². The summed E-state index contributed by atoms with van der Waals surface area (Å²) in [7, 11) is 0. The Morgan fingerprint density at radius 2 is 2.00 bits per heavy atom. The second-order valence-corrected chi connectivity index (χ2v) is 3.87. The Labute approximate surface area is 86.0 Å². The van der Waals surface area contributed by atoms with Crippen LogP contribution in [0.4, 0.5) is 0 Å². The molecule has 0 bridgehead atoms. The average molecular weight is 190 g/mol. The Balaban J connectivity index is 1.86. The van der Waals surface area contributed by atoms with E-state index >= 15 is 0 Å². The molecule has 1 N–H and O–H groups in total. The molecule has 1 heterocycles. The second kappa shape index (κ2) is 5.13. The molecule has 2 rings (SSSR count). The van der Waals surface area contributed by atoms with E-state index in [0.717, 1.165) is 26.1 Å². The summed E-state index contributed by atoms with van der Waals surface area (Å²) < 4.78 is 0. The van der Waals surface area contributed by atoms with Crippen molar-refractivity contribution < 1.29 is 0 Å². The predicted octanol–water partition coefficient (Wildman–Crippen LogP) is 1.33. The third-order valence-corrected chi connectivity index (χ3v) is 2.71. The molecule has 2 heteroatoms. The number of hydrogen-bond donors (Lipinski definition) is 1. The summed E-state index contributed by atoms with van der Waals surface area (Å²) in [6, 6.07) is 0. The first-order chi connectivity index (χ1) is 6.95. The van der Waals surface area contributed by atoms with Crippen molar-refractivity contribution in [1.29, 1.82) is 0 Å². The van der Waals surface area contributed by atoms with Crippen LogP contribution < -0.4 is 5.32 Å². The Kier molecular flexibility index (Phi) is 3.55. The zero-order valence-corrected chi connectivity index (χ0v) is 8.58. The van der Waals surface area contributed by atoms with E-state index in [0.29, 0.717) is 0 Å². The fourth-order valence-electron chi connectivity index (χ4n) is 1.90. The quantitative estimate of drug-likeness (QED) is 0.707. The number of rotatable bonds is 2. The van der Waals surface area contributed by atoms with Gasteiger partial charge < -0.3 is 5.32 Å². The van der Waals surface area contributed by atoms with Gasteiger partial charge >= 0.3 is 0 Å². The zero-order chi connectivity index (χ0) is 9.64. The SMILES string of the molecule is C1=CC=C(CN2CCNCC2)CC=C1. The lowest BCUT2D eigenvalue weighted by Gasteiger charge is -2.27. The third-order valence-electron chi connectivity index (χ3n) is 2.71. The molecule has 0 spiro atoms. The molecular formula is C12H18N2. The highest BCUT2D eigenvalue weighted by atomic mass is 15.2. The highest BCUT2D eigenvalue weighted by Gasteiger charge is 2.10. The summed E-state index contributed by atoms with van der Waals surface area (Å²) in [4.78, 5) is 2.52. The number of nitrogens with zero attached hydrogens (tertiary/aromatic N) is 1. The van der Waals surface area contributed by atoms with Gasteiger partial charge in [0, 0.05) is 32.7 Å². The first-order valence-corrected chi connectivity index (χ1v) is 5.39. The van der Waals surface area contributed by atoms with Gasteiger partial charge in [0.2, 0.25) is 0 Å². The van der Waals surface area contributed by atoms with Crippen molar-refractivity contribution in [3.8, 4) is 0 Å². The summed E-state index contributed by atoms with van der Waals surface area (Å²) >= 11 is 0. The minimum atomic E-state index is 1.11. The van der Waals surface area contributed by atoms with Crippen molar-refractivity contribution >= 4 is 0 Å². The molecule has 1 fully saturated rings. The van der Waals surface area contributed by atoms with Crippen LogP contribution in [-0.2, 0) is 0 Å². The molecule has 76 valence electrons. The van der Waals surface area contributed by atoms with Crippen molar-refractivity contribution in [2.24, 2.45) is 0 Å². The van der Waals surface area contributed by atoms with Gasteiger partial charge in [-0.2, -0.15) is 0 Å². The van der Waals surface area contributed by atoms with Gasteiger partial charge in [0.05, 0.1) is 0 Å². The van der Waals surface area contributed by atoms with Gasteiger partial charge in [0.25, 0.3) is 0 Å². The van der Waals surface area contributed by atoms with Gasteiger partial charge in [0.15, 0.2) is 0 Å². The Hall–Kier alpha value is -0.860. The molecule has 2 nitrogen and oxygen atoms in total. The van der Waals surface area contributed by atoms with Gasteiger partial charge in [-0.25, -0.2) is 0 Å². The minimum absolute atomic E-state index is 1.11. The fourth-order valence-corrected chi connectivity index (χ4v) is 1.90. The van der Waals surface area contributed by atoms with E-state index in [1.807, 2.05) is 0 Å². The number of allylic oxidation sites excluding steroid dienone is 5. The van der Waals surface area contributed by atoms with E-state index < -0.39 is 0 Å². The molecule has 1 aliphatic heterocycles. The number of hydrogen-bond acceptors (Lipinski definition) is 2. The average Bonchev–Trinajstić information content (AvgIpc) is 2.48. The maximum atomic E-state index is 3.38. The summed E-state index contributed by atoms with van der Waals surface area (Å²) in [5.74, 6) is 0. The van der Waals surface area contributed by atoms with E-state index in [1.165, 1.54) is 18.7 Å². The van der Waals surface area contributed by atoms with Crippen molar-refractivity contribution in [3.05, 3.63) is 36.0 Å². The minimum Gasteiger partial charge on any atom is -0.314 e. The Bertz CT molecular complexity index is 257. The van der Waals surface area contributed by atoms with Crippen molar-refractivity contribution in [1.82, 2.24) is 10.2 Å². The van der Waals surface area contributed by atoms with Crippen LogP contribution in [0.2, 0.25) is 0 Å². The molecule has 0 aromatic carbocycles. The Morgan fingerprint density at radius 1 is 1.14 bits per heavy atom. The summed E-state index contributed by atoms with van der Waals surface area (Å²) in [6.45, 7) is 5.78. The smallest absolute Gasteiger partial charge is 0.0200 e. The van der Waals surface area contributed by atoms with E-state index in [4.69, 9.17) is 0 Å². The van der Waals surface area contributed by atoms with Crippen LogP contribution in [0, 0.1) is 0 Å². The summed E-state index contributed by atoms with van der Waals surface area (Å²) in [5, 5.41) is 3.38. The lowest BCUT2D eigenvalue weighted by molar-refractivity contribution is 0.258. The van der Waals surface area contributed by atoms with Crippen molar-refractivity contribution in [2.75, 3.05) is 32.7 Å². The van der Waals surface area contributed by atoms with Crippen LogP contribution in [0.25, 0.3) is 0 Å². The molecule has 1 saturated heterocycles. The molecule has 0 unspecified atom stereocenters. The van der Waals surface area contributed by atoms with Gasteiger partial charge in [-0.1, -0.05) is 36.0 Å². The lowest BCUT2D eigenvalue weighted by Crippen LogP contribution is -2.44. The lowest BCUT2D eigenvalue weighted by atomic mass is 10.1. The molecule has 1 aliphatic carbocycles. The predicted molar refractivity (Wildman–Crippen MR) is 60.3 cm³/mol. The molecule has 0 amide bonds. The monoisotopic (exact) mass is 190 g/mol. The molecule has 0 saturated carbocycles. The van der Waals surface area contributed by atoms with Crippen molar-refractivity contribution in [3.63, 3.8) is 0 Å². The topological polar surface area (TPSA) is 15.3 Å². The molecule has 0 aromatic rings. The molecule has 0 radical (unpaired) electrons. The van der Waals surface area contributed by atoms with Crippen LogP contribution in [0.1, 0.15) is 6.42 Å². The number of piperazine rings is 1. The maximum absolute atomic E-state index is 3.38. The molecule has 0 aromatic heterocycles. The van der Waals surface area contributed by atoms with Gasteiger partial charge in [-0.3, -0.25) is 4.90 Å². The van der Waals surface area contributed by atoms with E-state index in [2.05, 4.69) is 40.6 Å². The van der Waals surface area contributed by atoms with Crippen LogP contribution in [0.15, 0.2) is 36.0 Å². The number of nitrogens with one attached hydrogen (secondary N) is 1. The summed E-state index contributed by atoms with van der Waals surface area (Å²) in [5.41, 5.74) is 1.52. The third kappa shape index (κ3) is 2.82. The van der Waals surface area contributed by atoms with E-state index in [9.17, 15) is 0 Å². The highest BCUT2D eigenvalue weighted by Crippen LogP contribution is 2.09. The molecular weight excluding hydrogens is 172 g/mol. The molecule has 0 atom stereocenters. The second-order valence-electron chi connectivity index (χ2n) is 3.87. The van der Waals surface area contributed by atoms with Crippen LogP contribution >= 0.6 is 0 Å². The van der Waals surface area contributed by atoms with Crippen molar-refractivity contribution in [2.45, 2.75) is 6.42 Å². The largest absolute Gasteiger partial charge is 0.314 e. The van der Waals surface area contributed by atoms with Gasteiger partial charge in [-0.15, -0.1) is 0 Å². The van der Waals surface area contributed by atoms with Crippen LogP contribution in [0.3, 0.4) is 0 Å². The normalized spacial score (nSPS) is 23.3. The molecule has 2 aliphatic rings. The summed E-state index contributed by atoms with van der Waals surface area (Å²) in [6.07, 6.45) is 12.0. The first-order valence-electron chi connectivity index (χ1n) is 5.39. The molecule has 14 heavy (non-hydrogen) atoms. The fraction of sp³-hybridized carbons (Fsp3) is 0.500. The van der Waals surface area contributed by atoms with Crippen LogP contribution in [0.5, 0.6) is 0 Å². The van der Waals surface area contributed by atoms with Gasteiger partial charge in [-0.05, 0) is 6.42 Å². The highest BCUT2D eigenvalue weighted by molar-refractivity contribution is 5.24. The Morgan fingerprint density at radius 3 is 2.86 bits per heavy atom. The zero-order valence-electron chi connectivity index (χ0n) is 8.58. The first kappa shape index (κ1) is 9.69.